The van der Waals surface area contributed by atoms with Crippen LogP contribution in [0.2, 0.25) is 0 Å². The van der Waals surface area contributed by atoms with Gasteiger partial charge >= 0.3 is 0 Å². The molecule has 0 aliphatic rings. The molecule has 1 heterocycles. The molecule has 2 aromatic rings. The molecule has 0 saturated heterocycles. The predicted octanol–water partition coefficient (Wildman–Crippen LogP) is 3.74. The quantitative estimate of drug-likeness (QED) is 0.815. The van der Waals surface area contributed by atoms with Gasteiger partial charge in [-0.2, -0.15) is 0 Å². The number of anilines is 1. The van der Waals surface area contributed by atoms with Gasteiger partial charge in [-0.3, -0.25) is 10.1 Å². The van der Waals surface area contributed by atoms with Crippen molar-refractivity contribution >= 4 is 67.4 Å². The van der Waals surface area contributed by atoms with Crippen molar-refractivity contribution in [1.29, 1.82) is 0 Å². The Morgan fingerprint density at radius 3 is 2.71 bits per heavy atom. The van der Waals surface area contributed by atoms with Gasteiger partial charge in [0.2, 0.25) is 0 Å². The summed E-state index contributed by atoms with van der Waals surface area (Å²) in [5.41, 5.74) is 0.178. The van der Waals surface area contributed by atoms with Crippen molar-refractivity contribution in [3.63, 3.8) is 0 Å². The number of carbonyl (C=O) groups is 1. The molecule has 1 aromatic heterocycles. The van der Waals surface area contributed by atoms with E-state index in [0.29, 0.717) is 4.70 Å². The molecule has 0 bridgehead atoms. The third kappa shape index (κ3) is 2.80. The van der Waals surface area contributed by atoms with Crippen LogP contribution in [0.3, 0.4) is 0 Å². The zero-order valence-corrected chi connectivity index (χ0v) is 11.1. The molecule has 8 heteroatoms. The van der Waals surface area contributed by atoms with Crippen molar-refractivity contribution in [3.8, 4) is 0 Å². The van der Waals surface area contributed by atoms with Crippen molar-refractivity contribution in [1.82, 2.24) is 4.98 Å². The van der Waals surface area contributed by atoms with Crippen LogP contribution in [0, 0.1) is 5.82 Å². The Kier molecular flexibility index (Phi) is 3.45. The predicted molar refractivity (Wildman–Crippen MR) is 68.5 cm³/mol. The first-order valence-corrected chi connectivity index (χ1v) is 6.26. The molecule has 0 atom stereocenters. The Morgan fingerprint density at radius 1 is 1.41 bits per heavy atom. The first-order chi connectivity index (χ1) is 7.88. The molecule has 17 heavy (non-hydrogen) atoms. The third-order valence-corrected chi connectivity index (χ3v) is 3.30. The van der Waals surface area contributed by atoms with Gasteiger partial charge in [0.25, 0.3) is 9.70 Å². The number of benzene rings is 1. The van der Waals surface area contributed by atoms with Crippen LogP contribution in [0.25, 0.3) is 10.2 Å². The molecule has 0 aliphatic carbocycles. The number of thiazole rings is 1. The smallest absolute Gasteiger partial charge is 0.278 e. The average molecular weight is 314 g/mol. The molecule has 0 unspecified atom stereocenters. The van der Waals surface area contributed by atoms with Gasteiger partial charge in [0.1, 0.15) is 11.3 Å². The van der Waals surface area contributed by atoms with Crippen LogP contribution in [0.5, 0.6) is 0 Å². The van der Waals surface area contributed by atoms with Gasteiger partial charge in [-0.05, 0) is 12.1 Å². The Labute approximate surface area is 114 Å². The van der Waals surface area contributed by atoms with Crippen molar-refractivity contribution in [2.45, 2.75) is 3.79 Å². The van der Waals surface area contributed by atoms with Gasteiger partial charge in [-0.1, -0.05) is 52.2 Å². The Hall–Kier alpha value is -0.620. The third-order valence-electron chi connectivity index (χ3n) is 1.85. The van der Waals surface area contributed by atoms with E-state index in [4.69, 9.17) is 34.8 Å². The Bertz CT molecular complexity index is 581. The molecule has 3 nitrogen and oxygen atoms in total. The van der Waals surface area contributed by atoms with Crippen LogP contribution in [0.15, 0.2) is 18.2 Å². The van der Waals surface area contributed by atoms with E-state index < -0.39 is 15.5 Å². The lowest BCUT2D eigenvalue weighted by atomic mass is 10.3. The molecule has 2 rings (SSSR count). The highest BCUT2D eigenvalue weighted by Gasteiger charge is 2.31. The Balaban J connectivity index is 2.32. The minimum atomic E-state index is -2.07. The molecular weight excluding hydrogens is 310 g/mol. The summed E-state index contributed by atoms with van der Waals surface area (Å²) in [7, 11) is 0. The van der Waals surface area contributed by atoms with Crippen LogP contribution in [0.4, 0.5) is 9.52 Å². The van der Waals surface area contributed by atoms with Crippen LogP contribution in [0.1, 0.15) is 0 Å². The molecule has 0 fully saturated rings. The van der Waals surface area contributed by atoms with Crippen LogP contribution in [-0.4, -0.2) is 14.7 Å². The van der Waals surface area contributed by atoms with Gasteiger partial charge in [-0.25, -0.2) is 9.37 Å². The lowest BCUT2D eigenvalue weighted by Crippen LogP contribution is -2.26. The summed E-state index contributed by atoms with van der Waals surface area (Å²) >= 11 is 17.3. The summed E-state index contributed by atoms with van der Waals surface area (Å²) in [6, 6.07) is 4.51. The highest BCUT2D eigenvalue weighted by molar-refractivity contribution is 7.22. The molecule has 0 spiro atoms. The van der Waals surface area contributed by atoms with E-state index in [2.05, 4.69) is 10.3 Å². The summed E-state index contributed by atoms with van der Waals surface area (Å²) in [6.45, 7) is 0. The number of hydrogen-bond donors (Lipinski definition) is 1. The first-order valence-electron chi connectivity index (χ1n) is 4.31. The summed E-state index contributed by atoms with van der Waals surface area (Å²) in [6.07, 6.45) is 0. The molecule has 90 valence electrons. The number of aromatic nitrogens is 1. The normalized spacial score (nSPS) is 11.8. The first kappa shape index (κ1) is 12.8. The lowest BCUT2D eigenvalue weighted by molar-refractivity contribution is -0.115. The fraction of sp³-hybridized carbons (Fsp3) is 0.111. The van der Waals surface area contributed by atoms with Crippen LogP contribution in [-0.2, 0) is 4.79 Å². The van der Waals surface area contributed by atoms with Crippen LogP contribution < -0.4 is 5.32 Å². The monoisotopic (exact) mass is 312 g/mol. The van der Waals surface area contributed by atoms with Gasteiger partial charge < -0.3 is 0 Å². The molecule has 0 radical (unpaired) electrons. The maximum Gasteiger partial charge on any atom is 0.278 e. The van der Waals surface area contributed by atoms with E-state index in [1.165, 1.54) is 6.07 Å². The fourth-order valence-electron chi connectivity index (χ4n) is 1.14. The number of amides is 1. The lowest BCUT2D eigenvalue weighted by Gasteiger charge is -2.08. The zero-order chi connectivity index (χ0) is 12.6. The van der Waals surface area contributed by atoms with E-state index in [-0.39, 0.29) is 10.6 Å². The van der Waals surface area contributed by atoms with Crippen molar-refractivity contribution < 1.29 is 9.18 Å². The van der Waals surface area contributed by atoms with E-state index in [1.807, 2.05) is 0 Å². The average Bonchev–Trinajstić information content (AvgIpc) is 2.60. The Morgan fingerprint density at radius 2 is 2.12 bits per heavy atom. The second-order valence-corrected chi connectivity index (χ2v) is 6.37. The number of nitrogens with one attached hydrogen (secondary N) is 1. The number of alkyl halides is 3. The SMILES string of the molecule is O=C(Nc1nc2c(F)cccc2s1)C(Cl)(Cl)Cl. The minimum Gasteiger partial charge on any atom is -0.298 e. The summed E-state index contributed by atoms with van der Waals surface area (Å²) in [4.78, 5) is 15.3. The second-order valence-electron chi connectivity index (χ2n) is 3.06. The van der Waals surface area contributed by atoms with E-state index in [1.54, 1.807) is 12.1 Å². The van der Waals surface area contributed by atoms with Crippen molar-refractivity contribution in [2.75, 3.05) is 5.32 Å². The summed E-state index contributed by atoms with van der Waals surface area (Å²) in [5, 5.41) is 2.49. The van der Waals surface area contributed by atoms with E-state index >= 15 is 0 Å². The number of hydrogen-bond acceptors (Lipinski definition) is 3. The van der Waals surface area contributed by atoms with Crippen LogP contribution >= 0.6 is 46.1 Å². The minimum absolute atomic E-state index is 0.178. The number of para-hydroxylation sites is 1. The number of rotatable bonds is 1. The van der Waals surface area contributed by atoms with E-state index in [9.17, 15) is 9.18 Å². The number of fused-ring (bicyclic) bond motifs is 1. The number of nitrogens with zero attached hydrogens (tertiary/aromatic N) is 1. The molecule has 1 aromatic carbocycles. The number of halogens is 4. The van der Waals surface area contributed by atoms with Crippen molar-refractivity contribution in [3.05, 3.63) is 24.0 Å². The highest BCUT2D eigenvalue weighted by Crippen LogP contribution is 2.31. The largest absolute Gasteiger partial charge is 0.298 e. The molecule has 1 N–H and O–H groups in total. The van der Waals surface area contributed by atoms with E-state index in [0.717, 1.165) is 11.3 Å². The zero-order valence-electron chi connectivity index (χ0n) is 8.01. The van der Waals surface area contributed by atoms with Gasteiger partial charge in [0.05, 0.1) is 4.70 Å². The molecular formula is C9H4Cl3FN2OS. The summed E-state index contributed by atoms with van der Waals surface area (Å²) < 4.78 is 11.9. The molecule has 0 aliphatic heterocycles. The molecule has 0 saturated carbocycles. The topological polar surface area (TPSA) is 42.0 Å². The number of carbonyl (C=O) groups excluding carboxylic acids is 1. The van der Waals surface area contributed by atoms with Gasteiger partial charge in [0, 0.05) is 0 Å². The standard InChI is InChI=1S/C9H4Cl3FN2OS/c10-9(11,12)7(16)15-8-14-6-4(13)2-1-3-5(6)17-8/h1-3H,(H,14,15,16). The fourth-order valence-corrected chi connectivity index (χ4v) is 2.15. The maximum absolute atomic E-state index is 13.3. The van der Waals surface area contributed by atoms with Gasteiger partial charge in [0.15, 0.2) is 5.13 Å². The van der Waals surface area contributed by atoms with Gasteiger partial charge in [-0.15, -0.1) is 0 Å². The van der Waals surface area contributed by atoms with Crippen molar-refractivity contribution in [2.24, 2.45) is 0 Å². The second kappa shape index (κ2) is 4.57. The summed E-state index contributed by atoms with van der Waals surface area (Å²) in [5.74, 6) is -1.30. The maximum atomic E-state index is 13.3. The highest BCUT2D eigenvalue weighted by atomic mass is 35.6. The molecule has 1 amide bonds.